The van der Waals surface area contributed by atoms with Crippen LogP contribution >= 0.6 is 0 Å². The van der Waals surface area contributed by atoms with E-state index in [1.165, 1.54) is 0 Å². The topological polar surface area (TPSA) is 43.4 Å². The maximum absolute atomic E-state index is 12.1. The van der Waals surface area contributed by atoms with E-state index < -0.39 is 10.1 Å². The Labute approximate surface area is 108 Å². The fourth-order valence-electron chi connectivity index (χ4n) is 2.76. The SMILES string of the molecule is Cc1ccc(S(=O)(=O)OC2CC3C=CC2C3)cc1. The van der Waals surface area contributed by atoms with Gasteiger partial charge in [-0.15, -0.1) is 0 Å². The van der Waals surface area contributed by atoms with Crippen molar-refractivity contribution in [2.45, 2.75) is 30.8 Å². The average molecular weight is 264 g/mol. The summed E-state index contributed by atoms with van der Waals surface area (Å²) in [6.07, 6.45) is 5.94. The minimum atomic E-state index is -3.62. The Hall–Kier alpha value is -1.13. The minimum absolute atomic E-state index is 0.175. The molecule has 3 unspecified atom stereocenters. The van der Waals surface area contributed by atoms with E-state index in [0.29, 0.717) is 5.92 Å². The molecule has 0 N–H and O–H groups in total. The molecule has 2 aliphatic rings. The molecule has 0 aromatic heterocycles. The zero-order chi connectivity index (χ0) is 12.8. The van der Waals surface area contributed by atoms with Gasteiger partial charge < -0.3 is 0 Å². The van der Waals surface area contributed by atoms with Crippen LogP contribution in [0.25, 0.3) is 0 Å². The van der Waals surface area contributed by atoms with Crippen LogP contribution in [0.4, 0.5) is 0 Å². The molecule has 0 aliphatic heterocycles. The summed E-state index contributed by atoms with van der Waals surface area (Å²) in [5.74, 6) is 0.781. The van der Waals surface area contributed by atoms with Crippen LogP contribution in [0.1, 0.15) is 18.4 Å². The number of rotatable bonds is 3. The molecular formula is C14H16O3S. The second-order valence-electron chi connectivity index (χ2n) is 5.18. The predicted octanol–water partition coefficient (Wildman–Crippen LogP) is 2.66. The highest BCUT2D eigenvalue weighted by Gasteiger charge is 2.39. The highest BCUT2D eigenvalue weighted by molar-refractivity contribution is 7.86. The number of aryl methyl sites for hydroxylation is 1. The van der Waals surface area contributed by atoms with Crippen LogP contribution in [0, 0.1) is 18.8 Å². The van der Waals surface area contributed by atoms with Crippen molar-refractivity contribution in [3.05, 3.63) is 42.0 Å². The van der Waals surface area contributed by atoms with Crippen molar-refractivity contribution in [3.8, 4) is 0 Å². The largest absolute Gasteiger partial charge is 0.297 e. The van der Waals surface area contributed by atoms with Gasteiger partial charge in [-0.1, -0.05) is 29.8 Å². The van der Waals surface area contributed by atoms with Gasteiger partial charge in [0.25, 0.3) is 10.1 Å². The molecule has 1 aromatic carbocycles. The van der Waals surface area contributed by atoms with Crippen molar-refractivity contribution in [2.24, 2.45) is 11.8 Å². The van der Waals surface area contributed by atoms with E-state index in [-0.39, 0.29) is 16.9 Å². The van der Waals surface area contributed by atoms with Crippen molar-refractivity contribution in [3.63, 3.8) is 0 Å². The van der Waals surface area contributed by atoms with Crippen LogP contribution < -0.4 is 0 Å². The van der Waals surface area contributed by atoms with Crippen LogP contribution in [-0.2, 0) is 14.3 Å². The third-order valence-electron chi connectivity index (χ3n) is 3.78. The quantitative estimate of drug-likeness (QED) is 0.622. The second-order valence-corrected chi connectivity index (χ2v) is 6.75. The Morgan fingerprint density at radius 3 is 2.39 bits per heavy atom. The lowest BCUT2D eigenvalue weighted by Crippen LogP contribution is -2.22. The lowest BCUT2D eigenvalue weighted by atomic mass is 10.1. The maximum Gasteiger partial charge on any atom is 0.297 e. The number of allylic oxidation sites excluding steroid dienone is 1. The van der Waals surface area contributed by atoms with Crippen LogP contribution in [0.3, 0.4) is 0 Å². The molecule has 18 heavy (non-hydrogen) atoms. The summed E-state index contributed by atoms with van der Waals surface area (Å²) >= 11 is 0. The van der Waals surface area contributed by atoms with Crippen molar-refractivity contribution in [1.82, 2.24) is 0 Å². The zero-order valence-corrected chi connectivity index (χ0v) is 11.1. The highest BCUT2D eigenvalue weighted by atomic mass is 32.2. The summed E-state index contributed by atoms with van der Waals surface area (Å²) in [5.41, 5.74) is 1.04. The van der Waals surface area contributed by atoms with E-state index in [2.05, 4.69) is 12.2 Å². The Morgan fingerprint density at radius 1 is 1.11 bits per heavy atom. The fraction of sp³-hybridized carbons (Fsp3) is 0.429. The number of fused-ring (bicyclic) bond motifs is 2. The summed E-state index contributed by atoms with van der Waals surface area (Å²) in [4.78, 5) is 0.250. The molecule has 1 fully saturated rings. The van der Waals surface area contributed by atoms with Crippen LogP contribution in [0.5, 0.6) is 0 Å². The Kier molecular flexibility index (Phi) is 2.79. The molecule has 0 spiro atoms. The monoisotopic (exact) mass is 264 g/mol. The van der Waals surface area contributed by atoms with Gasteiger partial charge in [0, 0.05) is 5.92 Å². The molecule has 0 radical (unpaired) electrons. The molecule has 1 saturated carbocycles. The van der Waals surface area contributed by atoms with E-state index in [1.54, 1.807) is 24.3 Å². The third-order valence-corrected chi connectivity index (χ3v) is 5.13. The van der Waals surface area contributed by atoms with E-state index in [0.717, 1.165) is 18.4 Å². The van der Waals surface area contributed by atoms with Crippen LogP contribution in [0.2, 0.25) is 0 Å². The summed E-state index contributed by atoms with van der Waals surface area (Å²) in [6.45, 7) is 1.93. The molecule has 0 heterocycles. The predicted molar refractivity (Wildman–Crippen MR) is 68.6 cm³/mol. The summed E-state index contributed by atoms with van der Waals surface area (Å²) in [7, 11) is -3.62. The fourth-order valence-corrected chi connectivity index (χ4v) is 3.89. The first-order valence-electron chi connectivity index (χ1n) is 6.23. The highest BCUT2D eigenvalue weighted by Crippen LogP contribution is 2.41. The summed E-state index contributed by atoms with van der Waals surface area (Å²) in [5, 5.41) is 0. The first kappa shape index (κ1) is 11.9. The smallest absolute Gasteiger partial charge is 0.262 e. The zero-order valence-electron chi connectivity index (χ0n) is 10.2. The number of benzene rings is 1. The van der Waals surface area contributed by atoms with Gasteiger partial charge in [-0.25, -0.2) is 0 Å². The maximum atomic E-state index is 12.1. The Morgan fingerprint density at radius 2 is 1.83 bits per heavy atom. The molecule has 1 aromatic rings. The van der Waals surface area contributed by atoms with Crippen LogP contribution in [0.15, 0.2) is 41.3 Å². The summed E-state index contributed by atoms with van der Waals surface area (Å²) in [6, 6.07) is 6.79. The van der Waals surface area contributed by atoms with Crippen molar-refractivity contribution in [1.29, 1.82) is 0 Å². The standard InChI is InChI=1S/C14H16O3S/c1-10-2-6-13(7-3-10)18(15,16)17-14-9-11-4-5-12(14)8-11/h2-7,11-12,14H,8-9H2,1H3. The molecule has 2 bridgehead atoms. The van der Waals surface area contributed by atoms with E-state index in [1.807, 2.05) is 6.92 Å². The molecule has 3 rings (SSSR count). The minimum Gasteiger partial charge on any atom is -0.262 e. The Bertz CT molecular complexity index is 572. The van der Waals surface area contributed by atoms with Crippen LogP contribution in [-0.4, -0.2) is 14.5 Å². The van der Waals surface area contributed by atoms with E-state index in [9.17, 15) is 8.42 Å². The average Bonchev–Trinajstić information content (AvgIpc) is 2.91. The van der Waals surface area contributed by atoms with Gasteiger partial charge in [-0.3, -0.25) is 4.18 Å². The van der Waals surface area contributed by atoms with Gasteiger partial charge in [0.15, 0.2) is 0 Å². The molecular weight excluding hydrogens is 248 g/mol. The number of hydrogen-bond donors (Lipinski definition) is 0. The summed E-state index contributed by atoms with van der Waals surface area (Å²) < 4.78 is 29.6. The van der Waals surface area contributed by atoms with Gasteiger partial charge in [-0.2, -0.15) is 8.42 Å². The molecule has 0 amide bonds. The molecule has 0 saturated heterocycles. The van der Waals surface area contributed by atoms with E-state index in [4.69, 9.17) is 4.18 Å². The van der Waals surface area contributed by atoms with Gasteiger partial charge in [0.2, 0.25) is 0 Å². The molecule has 3 nitrogen and oxygen atoms in total. The lowest BCUT2D eigenvalue weighted by Gasteiger charge is -2.18. The van der Waals surface area contributed by atoms with Gasteiger partial charge in [0.05, 0.1) is 11.0 Å². The first-order chi connectivity index (χ1) is 8.54. The second kappa shape index (κ2) is 4.21. The van der Waals surface area contributed by atoms with Gasteiger partial charge in [-0.05, 0) is 37.8 Å². The molecule has 96 valence electrons. The van der Waals surface area contributed by atoms with Gasteiger partial charge >= 0.3 is 0 Å². The van der Waals surface area contributed by atoms with Crippen molar-refractivity contribution in [2.75, 3.05) is 0 Å². The lowest BCUT2D eigenvalue weighted by molar-refractivity contribution is 0.182. The molecule has 3 atom stereocenters. The first-order valence-corrected chi connectivity index (χ1v) is 7.64. The van der Waals surface area contributed by atoms with E-state index >= 15 is 0 Å². The van der Waals surface area contributed by atoms with Crippen molar-refractivity contribution < 1.29 is 12.6 Å². The normalized spacial score (nSPS) is 29.9. The number of hydrogen-bond acceptors (Lipinski definition) is 3. The third kappa shape index (κ3) is 2.10. The van der Waals surface area contributed by atoms with Crippen molar-refractivity contribution >= 4 is 10.1 Å². The van der Waals surface area contributed by atoms with Gasteiger partial charge in [0.1, 0.15) is 0 Å². The molecule has 2 aliphatic carbocycles. The molecule has 4 heteroatoms. The Balaban J connectivity index is 1.79.